The Kier molecular flexibility index (Phi) is 4.71. The number of fused-ring (bicyclic) bond motifs is 1. The quantitative estimate of drug-likeness (QED) is 0.698. The normalized spacial score (nSPS) is 15.7. The Morgan fingerprint density at radius 1 is 1.12 bits per heavy atom. The second-order valence-corrected chi connectivity index (χ2v) is 6.74. The Balaban J connectivity index is 1.48. The number of anilines is 1. The van der Waals surface area contributed by atoms with Crippen molar-refractivity contribution in [1.82, 2.24) is 19.9 Å². The average molecular weight is 353 g/mol. The summed E-state index contributed by atoms with van der Waals surface area (Å²) in [5.41, 5.74) is 2.08. The van der Waals surface area contributed by atoms with Gasteiger partial charge >= 0.3 is 0 Å². The van der Waals surface area contributed by atoms with Crippen LogP contribution in [0.15, 0.2) is 41.4 Å². The smallest absolute Gasteiger partial charge is 0.224 e. The van der Waals surface area contributed by atoms with E-state index in [4.69, 9.17) is 9.15 Å². The highest BCUT2D eigenvalue weighted by atomic mass is 16.5. The summed E-state index contributed by atoms with van der Waals surface area (Å²) in [5, 5.41) is 0.959. The van der Waals surface area contributed by atoms with Gasteiger partial charge in [0.05, 0.1) is 29.7 Å². The van der Waals surface area contributed by atoms with Gasteiger partial charge in [0.2, 0.25) is 11.8 Å². The fourth-order valence-corrected chi connectivity index (χ4v) is 3.22. The SMILES string of the molecule is CC(C)Oc1ncnc2ccc(N3CCN(Cc4ncco4)CC3)cc12. The van der Waals surface area contributed by atoms with E-state index in [9.17, 15) is 0 Å². The van der Waals surface area contributed by atoms with E-state index >= 15 is 0 Å². The van der Waals surface area contributed by atoms with Gasteiger partial charge in [-0.2, -0.15) is 0 Å². The second kappa shape index (κ2) is 7.29. The molecule has 0 bridgehead atoms. The largest absolute Gasteiger partial charge is 0.474 e. The molecule has 1 saturated heterocycles. The van der Waals surface area contributed by atoms with Crippen LogP contribution in [0.2, 0.25) is 0 Å². The summed E-state index contributed by atoms with van der Waals surface area (Å²) in [6, 6.07) is 6.30. The van der Waals surface area contributed by atoms with E-state index in [1.54, 1.807) is 18.8 Å². The van der Waals surface area contributed by atoms with Gasteiger partial charge in [-0.15, -0.1) is 0 Å². The molecule has 0 atom stereocenters. The first-order chi connectivity index (χ1) is 12.7. The molecule has 3 aromatic rings. The number of ether oxygens (including phenoxy) is 1. The molecule has 1 aromatic carbocycles. The van der Waals surface area contributed by atoms with Crippen LogP contribution in [0.1, 0.15) is 19.7 Å². The molecular weight excluding hydrogens is 330 g/mol. The maximum Gasteiger partial charge on any atom is 0.224 e. The van der Waals surface area contributed by atoms with Crippen molar-refractivity contribution in [2.24, 2.45) is 0 Å². The molecular formula is C19H23N5O2. The van der Waals surface area contributed by atoms with Crippen LogP contribution in [0.4, 0.5) is 5.69 Å². The highest BCUT2D eigenvalue weighted by Crippen LogP contribution is 2.28. The minimum absolute atomic E-state index is 0.0792. The van der Waals surface area contributed by atoms with Crippen molar-refractivity contribution in [2.75, 3.05) is 31.1 Å². The van der Waals surface area contributed by atoms with Crippen LogP contribution in [0.5, 0.6) is 5.88 Å². The first kappa shape index (κ1) is 16.8. The summed E-state index contributed by atoms with van der Waals surface area (Å²) in [6.07, 6.45) is 4.95. The summed E-state index contributed by atoms with van der Waals surface area (Å²) < 4.78 is 11.2. The summed E-state index contributed by atoms with van der Waals surface area (Å²) in [5.74, 6) is 1.42. The molecule has 0 unspecified atom stereocenters. The van der Waals surface area contributed by atoms with E-state index in [1.165, 1.54) is 5.69 Å². The molecule has 0 radical (unpaired) electrons. The number of hydrogen-bond donors (Lipinski definition) is 0. The van der Waals surface area contributed by atoms with Gasteiger partial charge in [-0.1, -0.05) is 0 Å². The monoisotopic (exact) mass is 353 g/mol. The summed E-state index contributed by atoms with van der Waals surface area (Å²) in [4.78, 5) is 17.6. The lowest BCUT2D eigenvalue weighted by Gasteiger charge is -2.35. The van der Waals surface area contributed by atoms with Crippen LogP contribution in [-0.4, -0.2) is 52.1 Å². The van der Waals surface area contributed by atoms with Gasteiger partial charge in [-0.05, 0) is 32.0 Å². The van der Waals surface area contributed by atoms with Gasteiger partial charge in [-0.3, -0.25) is 4.90 Å². The van der Waals surface area contributed by atoms with Crippen molar-refractivity contribution in [3.05, 3.63) is 42.9 Å². The number of hydrogen-bond acceptors (Lipinski definition) is 7. The van der Waals surface area contributed by atoms with E-state index in [2.05, 4.69) is 36.9 Å². The number of nitrogens with zero attached hydrogens (tertiary/aromatic N) is 5. The predicted octanol–water partition coefficient (Wildman–Crippen LogP) is 2.73. The number of oxazole rings is 1. The minimum atomic E-state index is 0.0792. The molecule has 1 aliphatic rings. The summed E-state index contributed by atoms with van der Waals surface area (Å²) in [6.45, 7) is 8.64. The van der Waals surface area contributed by atoms with E-state index in [-0.39, 0.29) is 6.10 Å². The van der Waals surface area contributed by atoms with Crippen LogP contribution < -0.4 is 9.64 Å². The lowest BCUT2D eigenvalue weighted by Crippen LogP contribution is -2.46. The fraction of sp³-hybridized carbons (Fsp3) is 0.421. The lowest BCUT2D eigenvalue weighted by molar-refractivity contribution is 0.226. The molecule has 4 rings (SSSR count). The molecule has 1 aliphatic heterocycles. The van der Waals surface area contributed by atoms with E-state index in [1.807, 2.05) is 19.9 Å². The van der Waals surface area contributed by atoms with E-state index in [0.717, 1.165) is 49.5 Å². The Hall–Kier alpha value is -2.67. The molecule has 7 nitrogen and oxygen atoms in total. The van der Waals surface area contributed by atoms with Crippen molar-refractivity contribution in [2.45, 2.75) is 26.5 Å². The molecule has 7 heteroatoms. The number of aromatic nitrogens is 3. The third kappa shape index (κ3) is 3.62. The maximum atomic E-state index is 5.85. The molecule has 26 heavy (non-hydrogen) atoms. The van der Waals surface area contributed by atoms with Crippen molar-refractivity contribution in [1.29, 1.82) is 0 Å². The first-order valence-electron chi connectivity index (χ1n) is 8.96. The first-order valence-corrected chi connectivity index (χ1v) is 8.96. The third-order valence-electron chi connectivity index (χ3n) is 4.51. The maximum absolute atomic E-state index is 5.85. The van der Waals surface area contributed by atoms with Gasteiger partial charge in [0.1, 0.15) is 12.6 Å². The summed E-state index contributed by atoms with van der Waals surface area (Å²) in [7, 11) is 0. The highest BCUT2D eigenvalue weighted by molar-refractivity contribution is 5.86. The minimum Gasteiger partial charge on any atom is -0.474 e. The van der Waals surface area contributed by atoms with Gasteiger partial charge < -0.3 is 14.1 Å². The molecule has 0 saturated carbocycles. The zero-order valence-corrected chi connectivity index (χ0v) is 15.1. The zero-order valence-electron chi connectivity index (χ0n) is 15.1. The van der Waals surface area contributed by atoms with Crippen LogP contribution in [-0.2, 0) is 6.54 Å². The average Bonchev–Trinajstić information content (AvgIpc) is 3.15. The van der Waals surface area contributed by atoms with Crippen molar-refractivity contribution in [3.63, 3.8) is 0 Å². The zero-order chi connectivity index (χ0) is 17.9. The molecule has 3 heterocycles. The standard InChI is InChI=1S/C19H23N5O2/c1-14(2)26-19-16-11-15(3-4-17(16)21-13-22-19)24-8-6-23(7-9-24)12-18-20-5-10-25-18/h3-5,10-11,13-14H,6-9,12H2,1-2H3. The number of benzene rings is 1. The molecule has 0 amide bonds. The molecule has 1 fully saturated rings. The van der Waals surface area contributed by atoms with Gasteiger partial charge in [0.15, 0.2) is 0 Å². The predicted molar refractivity (Wildman–Crippen MR) is 99.3 cm³/mol. The van der Waals surface area contributed by atoms with Gasteiger partial charge in [-0.25, -0.2) is 15.0 Å². The van der Waals surface area contributed by atoms with Crippen molar-refractivity contribution < 1.29 is 9.15 Å². The van der Waals surface area contributed by atoms with Crippen molar-refractivity contribution in [3.8, 4) is 5.88 Å². The third-order valence-corrected chi connectivity index (χ3v) is 4.51. The van der Waals surface area contributed by atoms with E-state index < -0.39 is 0 Å². The van der Waals surface area contributed by atoms with Crippen LogP contribution >= 0.6 is 0 Å². The number of piperazine rings is 1. The Bertz CT molecular complexity index is 858. The Morgan fingerprint density at radius 2 is 1.96 bits per heavy atom. The Morgan fingerprint density at radius 3 is 2.69 bits per heavy atom. The highest BCUT2D eigenvalue weighted by Gasteiger charge is 2.19. The lowest BCUT2D eigenvalue weighted by atomic mass is 10.2. The summed E-state index contributed by atoms with van der Waals surface area (Å²) >= 11 is 0. The fourth-order valence-electron chi connectivity index (χ4n) is 3.22. The molecule has 2 aromatic heterocycles. The van der Waals surface area contributed by atoms with Gasteiger partial charge in [0, 0.05) is 31.9 Å². The molecule has 136 valence electrons. The second-order valence-electron chi connectivity index (χ2n) is 6.74. The number of rotatable bonds is 5. The van der Waals surface area contributed by atoms with Crippen LogP contribution in [0.25, 0.3) is 10.9 Å². The van der Waals surface area contributed by atoms with E-state index in [0.29, 0.717) is 5.88 Å². The topological polar surface area (TPSA) is 67.5 Å². The molecule has 0 N–H and O–H groups in total. The van der Waals surface area contributed by atoms with Crippen molar-refractivity contribution >= 4 is 16.6 Å². The Labute approximate surface area is 152 Å². The molecule has 0 spiro atoms. The van der Waals surface area contributed by atoms with Crippen LogP contribution in [0, 0.1) is 0 Å². The molecule has 0 aliphatic carbocycles. The van der Waals surface area contributed by atoms with Gasteiger partial charge in [0.25, 0.3) is 0 Å². The van der Waals surface area contributed by atoms with Crippen LogP contribution in [0.3, 0.4) is 0 Å².